The molecule has 1 aliphatic rings. The van der Waals surface area contributed by atoms with Crippen LogP contribution >= 0.6 is 11.3 Å². The molecule has 0 aliphatic carbocycles. The number of carbonyl (C=O) groups excluding carboxylic acids is 2. The van der Waals surface area contributed by atoms with Gasteiger partial charge in [0.05, 0.1) is 18.2 Å². The zero-order chi connectivity index (χ0) is 20.1. The summed E-state index contributed by atoms with van der Waals surface area (Å²) in [5.41, 5.74) is 1.83. The van der Waals surface area contributed by atoms with E-state index < -0.39 is 0 Å². The molecular weight excluding hydrogens is 380 g/mol. The molecule has 1 aromatic heterocycles. The van der Waals surface area contributed by atoms with E-state index in [4.69, 9.17) is 14.2 Å². The Morgan fingerprint density at radius 2 is 1.96 bits per heavy atom. The second-order valence-corrected chi connectivity index (χ2v) is 7.59. The Balaban J connectivity index is 1.55. The number of fused-ring (bicyclic) bond motifs is 1. The molecule has 0 spiro atoms. The van der Waals surface area contributed by atoms with Crippen LogP contribution in [0.4, 0.5) is 5.00 Å². The van der Waals surface area contributed by atoms with E-state index in [-0.39, 0.29) is 18.4 Å². The van der Waals surface area contributed by atoms with Gasteiger partial charge in [0.15, 0.2) is 11.5 Å². The fraction of sp³-hybridized carbons (Fsp3) is 0.400. The fourth-order valence-electron chi connectivity index (χ4n) is 2.92. The maximum atomic E-state index is 12.4. The molecule has 0 bridgehead atoms. The molecule has 150 valence electrons. The molecule has 0 unspecified atom stereocenters. The number of nitrogens with zero attached hydrogens (tertiary/aromatic N) is 1. The van der Waals surface area contributed by atoms with Gasteiger partial charge >= 0.3 is 5.97 Å². The lowest BCUT2D eigenvalue weighted by molar-refractivity contribution is -0.117. The average Bonchev–Trinajstić information content (AvgIpc) is 3.01. The van der Waals surface area contributed by atoms with Crippen molar-refractivity contribution in [3.8, 4) is 11.5 Å². The molecule has 7 nitrogen and oxygen atoms in total. The summed E-state index contributed by atoms with van der Waals surface area (Å²) < 4.78 is 16.1. The number of likely N-dealkylation sites (N-methyl/N-ethyl adjacent to an activating group) is 1. The predicted octanol–water partition coefficient (Wildman–Crippen LogP) is 3.07. The summed E-state index contributed by atoms with van der Waals surface area (Å²) in [7, 11) is 1.88. The normalized spacial score (nSPS) is 12.7. The molecule has 28 heavy (non-hydrogen) atoms. The number of nitrogens with one attached hydrogen (secondary N) is 1. The van der Waals surface area contributed by atoms with E-state index in [9.17, 15) is 9.59 Å². The molecule has 8 heteroatoms. The van der Waals surface area contributed by atoms with Crippen LogP contribution in [-0.2, 0) is 16.1 Å². The lowest BCUT2D eigenvalue weighted by Gasteiger charge is -2.20. The standard InChI is InChI=1S/C20H24N2O5S/c1-4-25-20(24)19-13(2)9-18(28-19)21-17(23)12-22(3)11-14-5-6-15-16(10-14)27-8-7-26-15/h5-6,9-10H,4,7-8,11-12H2,1-3H3,(H,21,23). The highest BCUT2D eigenvalue weighted by molar-refractivity contribution is 7.18. The maximum Gasteiger partial charge on any atom is 0.348 e. The van der Waals surface area contributed by atoms with Crippen molar-refractivity contribution >= 4 is 28.2 Å². The van der Waals surface area contributed by atoms with Crippen LogP contribution in [0.25, 0.3) is 0 Å². The molecule has 1 amide bonds. The summed E-state index contributed by atoms with van der Waals surface area (Å²) in [6, 6.07) is 7.59. The van der Waals surface area contributed by atoms with Crippen molar-refractivity contribution in [1.29, 1.82) is 0 Å². The van der Waals surface area contributed by atoms with Crippen LogP contribution in [0.1, 0.15) is 27.7 Å². The number of amides is 1. The Hall–Kier alpha value is -2.58. The van der Waals surface area contributed by atoms with Crippen molar-refractivity contribution < 1.29 is 23.8 Å². The maximum absolute atomic E-state index is 12.4. The van der Waals surface area contributed by atoms with Gasteiger partial charge in [-0.15, -0.1) is 11.3 Å². The van der Waals surface area contributed by atoms with Gasteiger partial charge in [-0.3, -0.25) is 9.69 Å². The molecule has 0 saturated heterocycles. The van der Waals surface area contributed by atoms with Gasteiger partial charge < -0.3 is 19.5 Å². The smallest absolute Gasteiger partial charge is 0.348 e. The van der Waals surface area contributed by atoms with Gasteiger partial charge in [0.25, 0.3) is 0 Å². The summed E-state index contributed by atoms with van der Waals surface area (Å²) in [6.45, 7) is 5.84. The van der Waals surface area contributed by atoms with Crippen molar-refractivity contribution in [3.05, 3.63) is 40.3 Å². The minimum Gasteiger partial charge on any atom is -0.486 e. The number of thiophene rings is 1. The molecule has 1 aromatic carbocycles. The third-order valence-electron chi connectivity index (χ3n) is 4.11. The van der Waals surface area contributed by atoms with Crippen LogP contribution in [-0.4, -0.2) is 50.2 Å². The molecule has 2 heterocycles. The number of hydrogen-bond acceptors (Lipinski definition) is 7. The molecule has 0 atom stereocenters. The first-order valence-electron chi connectivity index (χ1n) is 9.10. The van der Waals surface area contributed by atoms with Crippen molar-refractivity contribution in [3.63, 3.8) is 0 Å². The largest absolute Gasteiger partial charge is 0.486 e. The van der Waals surface area contributed by atoms with Crippen LogP contribution in [0.2, 0.25) is 0 Å². The number of ether oxygens (including phenoxy) is 3. The number of anilines is 1. The number of aryl methyl sites for hydroxylation is 1. The Morgan fingerprint density at radius 1 is 1.21 bits per heavy atom. The number of hydrogen-bond donors (Lipinski definition) is 1. The average molecular weight is 404 g/mol. The molecule has 1 N–H and O–H groups in total. The molecule has 3 rings (SSSR count). The molecule has 0 radical (unpaired) electrons. The zero-order valence-electron chi connectivity index (χ0n) is 16.2. The number of benzene rings is 1. The fourth-order valence-corrected chi connectivity index (χ4v) is 3.90. The van der Waals surface area contributed by atoms with Gasteiger partial charge in [-0.1, -0.05) is 6.07 Å². The minimum absolute atomic E-state index is 0.142. The van der Waals surface area contributed by atoms with Crippen LogP contribution in [0.5, 0.6) is 11.5 Å². The molecule has 2 aromatic rings. The van der Waals surface area contributed by atoms with E-state index in [0.29, 0.717) is 36.2 Å². The predicted molar refractivity (Wildman–Crippen MR) is 107 cm³/mol. The topological polar surface area (TPSA) is 77.1 Å². The quantitative estimate of drug-likeness (QED) is 0.715. The third-order valence-corrected chi connectivity index (χ3v) is 5.25. The number of carbonyl (C=O) groups is 2. The summed E-state index contributed by atoms with van der Waals surface area (Å²) in [4.78, 5) is 26.7. The van der Waals surface area contributed by atoms with E-state index in [1.807, 2.05) is 37.1 Å². The molecule has 1 aliphatic heterocycles. The minimum atomic E-state index is -0.360. The van der Waals surface area contributed by atoms with Crippen LogP contribution < -0.4 is 14.8 Å². The summed E-state index contributed by atoms with van der Waals surface area (Å²) in [6.07, 6.45) is 0. The lowest BCUT2D eigenvalue weighted by atomic mass is 10.2. The number of rotatable bonds is 7. The van der Waals surface area contributed by atoms with Crippen molar-refractivity contribution in [2.75, 3.05) is 38.7 Å². The monoisotopic (exact) mass is 404 g/mol. The van der Waals surface area contributed by atoms with Crippen LogP contribution in [0.15, 0.2) is 24.3 Å². The van der Waals surface area contributed by atoms with Gasteiger partial charge in [-0.2, -0.15) is 0 Å². The van der Waals surface area contributed by atoms with Gasteiger partial charge in [-0.05, 0) is 50.2 Å². The second-order valence-electron chi connectivity index (χ2n) is 6.54. The second kappa shape index (κ2) is 9.07. The highest BCUT2D eigenvalue weighted by atomic mass is 32.1. The highest BCUT2D eigenvalue weighted by Crippen LogP contribution is 2.31. The van der Waals surface area contributed by atoms with E-state index in [2.05, 4.69) is 5.32 Å². The Morgan fingerprint density at radius 3 is 2.71 bits per heavy atom. The van der Waals surface area contributed by atoms with E-state index in [0.717, 1.165) is 22.6 Å². The van der Waals surface area contributed by atoms with Crippen molar-refractivity contribution in [2.24, 2.45) is 0 Å². The van der Waals surface area contributed by atoms with Crippen molar-refractivity contribution in [1.82, 2.24) is 4.90 Å². The molecule has 0 fully saturated rings. The van der Waals surface area contributed by atoms with E-state index in [1.165, 1.54) is 11.3 Å². The molecule has 0 saturated carbocycles. The first-order chi connectivity index (χ1) is 13.5. The van der Waals surface area contributed by atoms with Crippen LogP contribution in [0, 0.1) is 6.92 Å². The summed E-state index contributed by atoms with van der Waals surface area (Å²) >= 11 is 1.23. The van der Waals surface area contributed by atoms with Gasteiger partial charge in [-0.25, -0.2) is 4.79 Å². The lowest BCUT2D eigenvalue weighted by Crippen LogP contribution is -2.29. The summed E-state index contributed by atoms with van der Waals surface area (Å²) in [5.74, 6) is 0.987. The van der Waals surface area contributed by atoms with Gasteiger partial charge in [0, 0.05) is 6.54 Å². The van der Waals surface area contributed by atoms with Crippen LogP contribution in [0.3, 0.4) is 0 Å². The molecular formula is C20H24N2O5S. The Kier molecular flexibility index (Phi) is 6.53. The van der Waals surface area contributed by atoms with Crippen molar-refractivity contribution in [2.45, 2.75) is 20.4 Å². The SMILES string of the molecule is CCOC(=O)c1sc(NC(=O)CN(C)Cc2ccc3c(c2)OCCO3)cc1C. The van der Waals surface area contributed by atoms with E-state index in [1.54, 1.807) is 13.0 Å². The highest BCUT2D eigenvalue weighted by Gasteiger charge is 2.17. The van der Waals surface area contributed by atoms with E-state index >= 15 is 0 Å². The van der Waals surface area contributed by atoms with Gasteiger partial charge in [0.2, 0.25) is 5.91 Å². The first-order valence-corrected chi connectivity index (χ1v) is 9.92. The first kappa shape index (κ1) is 20.2. The zero-order valence-corrected chi connectivity index (χ0v) is 17.1. The number of esters is 1. The van der Waals surface area contributed by atoms with Gasteiger partial charge in [0.1, 0.15) is 18.1 Å². The Bertz CT molecular complexity index is 864. The third kappa shape index (κ3) is 5.02. The Labute approximate surface area is 168 Å². The summed E-state index contributed by atoms with van der Waals surface area (Å²) in [5, 5.41) is 3.49.